The summed E-state index contributed by atoms with van der Waals surface area (Å²) >= 11 is 0. The number of rotatable bonds is 7. The molecule has 30 heavy (non-hydrogen) atoms. The molecule has 0 N–H and O–H groups in total. The lowest BCUT2D eigenvalue weighted by atomic mass is 9.86. The van der Waals surface area contributed by atoms with Crippen molar-refractivity contribution in [3.05, 3.63) is 89.7 Å². The standard InChI is InChI=1S/C27H29NO2/c1-29-25-10-9-22(18-27(25)30-26-17-20-7-8-23(26)15-20)24(21-5-3-2-4-6-21)16-19-11-13-28-14-12-19/h2-6,9-14,18,20,23-24,26H,7-8,15-17H2,1H3/t20-,23+,24?,26+/m1/s1. The Morgan fingerprint density at radius 1 is 0.900 bits per heavy atom. The van der Waals surface area contributed by atoms with Crippen molar-refractivity contribution in [2.45, 2.75) is 44.1 Å². The molecule has 5 rings (SSSR count). The fraction of sp³-hybridized carbons (Fsp3) is 0.370. The summed E-state index contributed by atoms with van der Waals surface area (Å²) in [6.45, 7) is 0. The predicted octanol–water partition coefficient (Wildman–Crippen LogP) is 6.03. The highest BCUT2D eigenvalue weighted by atomic mass is 16.5. The zero-order valence-corrected chi connectivity index (χ0v) is 17.5. The van der Waals surface area contributed by atoms with Crippen molar-refractivity contribution in [2.75, 3.05) is 7.11 Å². The van der Waals surface area contributed by atoms with Gasteiger partial charge in [0.15, 0.2) is 11.5 Å². The summed E-state index contributed by atoms with van der Waals surface area (Å²) in [4.78, 5) is 4.17. The minimum absolute atomic E-state index is 0.252. The number of hydrogen-bond donors (Lipinski definition) is 0. The van der Waals surface area contributed by atoms with E-state index in [-0.39, 0.29) is 5.92 Å². The normalized spacial score (nSPS) is 23.3. The monoisotopic (exact) mass is 399 g/mol. The third kappa shape index (κ3) is 3.94. The van der Waals surface area contributed by atoms with Gasteiger partial charge in [-0.3, -0.25) is 4.98 Å². The Bertz CT molecular complexity index is 973. The molecule has 2 saturated carbocycles. The third-order valence-corrected chi connectivity index (χ3v) is 6.93. The smallest absolute Gasteiger partial charge is 0.161 e. The largest absolute Gasteiger partial charge is 0.493 e. The van der Waals surface area contributed by atoms with Gasteiger partial charge in [0.05, 0.1) is 7.11 Å². The molecule has 154 valence electrons. The minimum Gasteiger partial charge on any atom is -0.493 e. The Morgan fingerprint density at radius 3 is 2.43 bits per heavy atom. The van der Waals surface area contributed by atoms with Gasteiger partial charge in [0.25, 0.3) is 0 Å². The number of hydrogen-bond acceptors (Lipinski definition) is 3. The van der Waals surface area contributed by atoms with Crippen molar-refractivity contribution >= 4 is 0 Å². The van der Waals surface area contributed by atoms with Crippen LogP contribution in [-0.4, -0.2) is 18.2 Å². The van der Waals surface area contributed by atoms with Crippen LogP contribution >= 0.6 is 0 Å². The number of pyridine rings is 1. The summed E-state index contributed by atoms with van der Waals surface area (Å²) < 4.78 is 12.2. The number of fused-ring (bicyclic) bond motifs is 2. The first-order valence-electron chi connectivity index (χ1n) is 11.1. The van der Waals surface area contributed by atoms with Gasteiger partial charge in [0, 0.05) is 18.3 Å². The number of methoxy groups -OCH3 is 1. The second-order valence-corrected chi connectivity index (χ2v) is 8.76. The molecule has 3 aromatic rings. The molecule has 1 aromatic heterocycles. The topological polar surface area (TPSA) is 31.4 Å². The maximum absolute atomic E-state index is 6.57. The quantitative estimate of drug-likeness (QED) is 0.486. The molecule has 3 nitrogen and oxygen atoms in total. The molecule has 1 unspecified atom stereocenters. The molecular formula is C27H29NO2. The lowest BCUT2D eigenvalue weighted by Gasteiger charge is -2.25. The van der Waals surface area contributed by atoms with E-state index in [4.69, 9.17) is 9.47 Å². The summed E-state index contributed by atoms with van der Waals surface area (Å²) in [5.74, 6) is 3.55. The van der Waals surface area contributed by atoms with Gasteiger partial charge in [0.2, 0.25) is 0 Å². The van der Waals surface area contributed by atoms with Gasteiger partial charge in [-0.15, -0.1) is 0 Å². The van der Waals surface area contributed by atoms with Crippen LogP contribution in [0.15, 0.2) is 73.1 Å². The predicted molar refractivity (Wildman–Crippen MR) is 119 cm³/mol. The Balaban J connectivity index is 1.47. The van der Waals surface area contributed by atoms with Crippen LogP contribution in [0.25, 0.3) is 0 Å². The van der Waals surface area contributed by atoms with Gasteiger partial charge < -0.3 is 9.47 Å². The Labute approximate surface area is 179 Å². The van der Waals surface area contributed by atoms with Crippen LogP contribution in [0.4, 0.5) is 0 Å². The molecule has 2 bridgehead atoms. The van der Waals surface area contributed by atoms with E-state index in [1.54, 1.807) is 7.11 Å². The van der Waals surface area contributed by atoms with E-state index < -0.39 is 0 Å². The van der Waals surface area contributed by atoms with Crippen LogP contribution in [-0.2, 0) is 6.42 Å². The molecule has 2 aliphatic carbocycles. The second-order valence-electron chi connectivity index (χ2n) is 8.76. The molecule has 1 heterocycles. The van der Waals surface area contributed by atoms with Crippen molar-refractivity contribution in [3.8, 4) is 11.5 Å². The van der Waals surface area contributed by atoms with Gasteiger partial charge in [-0.25, -0.2) is 0 Å². The molecule has 2 fully saturated rings. The van der Waals surface area contributed by atoms with E-state index >= 15 is 0 Å². The lowest BCUT2D eigenvalue weighted by molar-refractivity contribution is 0.133. The van der Waals surface area contributed by atoms with Gasteiger partial charge in [-0.05, 0) is 84.9 Å². The minimum atomic E-state index is 0.252. The van der Waals surface area contributed by atoms with Crippen LogP contribution < -0.4 is 9.47 Å². The molecule has 0 saturated heterocycles. The second kappa shape index (κ2) is 8.51. The summed E-state index contributed by atoms with van der Waals surface area (Å²) in [5, 5.41) is 0. The van der Waals surface area contributed by atoms with Crippen LogP contribution in [0.5, 0.6) is 11.5 Å². The fourth-order valence-corrected chi connectivity index (χ4v) is 5.36. The highest BCUT2D eigenvalue weighted by Crippen LogP contribution is 2.47. The zero-order valence-electron chi connectivity index (χ0n) is 17.5. The van der Waals surface area contributed by atoms with Crippen molar-refractivity contribution in [1.82, 2.24) is 4.98 Å². The Kier molecular flexibility index (Phi) is 5.44. The van der Waals surface area contributed by atoms with Crippen LogP contribution in [0, 0.1) is 11.8 Å². The molecule has 0 aliphatic heterocycles. The maximum atomic E-state index is 6.57. The lowest BCUT2D eigenvalue weighted by Crippen LogP contribution is -2.23. The van der Waals surface area contributed by atoms with Gasteiger partial charge in [-0.1, -0.05) is 36.4 Å². The molecule has 3 heteroatoms. The molecule has 0 radical (unpaired) electrons. The van der Waals surface area contributed by atoms with Gasteiger partial charge in [0.1, 0.15) is 6.10 Å². The van der Waals surface area contributed by atoms with E-state index in [2.05, 4.69) is 65.6 Å². The van der Waals surface area contributed by atoms with Crippen LogP contribution in [0.3, 0.4) is 0 Å². The van der Waals surface area contributed by atoms with E-state index in [1.165, 1.54) is 42.4 Å². The number of benzene rings is 2. The first-order valence-corrected chi connectivity index (χ1v) is 11.1. The first-order chi connectivity index (χ1) is 14.8. The molecule has 0 amide bonds. The zero-order chi connectivity index (χ0) is 20.3. The SMILES string of the molecule is COc1ccc(C(Cc2ccncc2)c2ccccc2)cc1O[C@H]1C[C@@H]2CC[C@H]1C2. The van der Waals surface area contributed by atoms with Gasteiger partial charge in [-0.2, -0.15) is 0 Å². The number of nitrogens with zero attached hydrogens (tertiary/aromatic N) is 1. The summed E-state index contributed by atoms with van der Waals surface area (Å²) in [5.41, 5.74) is 3.85. The summed E-state index contributed by atoms with van der Waals surface area (Å²) in [6.07, 6.45) is 10.2. The highest BCUT2D eigenvalue weighted by Gasteiger charge is 2.41. The van der Waals surface area contributed by atoms with Crippen LogP contribution in [0.1, 0.15) is 48.3 Å². The fourth-order valence-electron chi connectivity index (χ4n) is 5.36. The first kappa shape index (κ1) is 19.2. The van der Waals surface area contributed by atoms with E-state index in [0.717, 1.165) is 23.8 Å². The van der Waals surface area contributed by atoms with E-state index in [1.807, 2.05) is 12.4 Å². The number of ether oxygens (including phenoxy) is 2. The summed E-state index contributed by atoms with van der Waals surface area (Å²) in [6, 6.07) is 21.4. The summed E-state index contributed by atoms with van der Waals surface area (Å²) in [7, 11) is 1.73. The Hall–Kier alpha value is -2.81. The van der Waals surface area contributed by atoms with Crippen LogP contribution in [0.2, 0.25) is 0 Å². The van der Waals surface area contributed by atoms with Crippen molar-refractivity contribution in [3.63, 3.8) is 0 Å². The molecular weight excluding hydrogens is 370 g/mol. The van der Waals surface area contributed by atoms with Crippen molar-refractivity contribution < 1.29 is 9.47 Å². The molecule has 4 atom stereocenters. The molecule has 0 spiro atoms. The number of aromatic nitrogens is 1. The maximum Gasteiger partial charge on any atom is 0.161 e. The molecule has 2 aromatic carbocycles. The molecule has 2 aliphatic rings. The highest BCUT2D eigenvalue weighted by molar-refractivity contribution is 5.47. The van der Waals surface area contributed by atoms with E-state index in [0.29, 0.717) is 12.0 Å². The van der Waals surface area contributed by atoms with E-state index in [9.17, 15) is 0 Å². The van der Waals surface area contributed by atoms with Gasteiger partial charge >= 0.3 is 0 Å². The van der Waals surface area contributed by atoms with Crippen molar-refractivity contribution in [2.24, 2.45) is 11.8 Å². The average molecular weight is 400 g/mol. The van der Waals surface area contributed by atoms with Crippen molar-refractivity contribution in [1.29, 1.82) is 0 Å². The average Bonchev–Trinajstić information content (AvgIpc) is 3.42. The third-order valence-electron chi connectivity index (χ3n) is 6.93. The Morgan fingerprint density at radius 2 is 1.73 bits per heavy atom.